The van der Waals surface area contributed by atoms with Gasteiger partial charge < -0.3 is 4.74 Å². The van der Waals surface area contributed by atoms with Gasteiger partial charge in [0.25, 0.3) is 0 Å². The van der Waals surface area contributed by atoms with E-state index in [1.165, 1.54) is 11.1 Å². The normalized spacial score (nSPS) is 22.5. The maximum Gasteiger partial charge on any atom is 0.311 e. The summed E-state index contributed by atoms with van der Waals surface area (Å²) >= 11 is 0. The Balaban J connectivity index is 2.02. The minimum absolute atomic E-state index is 0.0617. The molecule has 3 atom stereocenters. The number of rotatable bonds is 5. The predicted octanol–water partition coefficient (Wildman–Crippen LogP) is 4.79. The molecule has 0 aromatic heterocycles. The fraction of sp³-hybridized carbons (Fsp3) is 0.409. The van der Waals surface area contributed by atoms with Gasteiger partial charge in [0.05, 0.1) is 5.92 Å². The Hall–Kier alpha value is -2.27. The predicted molar refractivity (Wildman–Crippen MR) is 99.1 cm³/mol. The number of esters is 1. The topological polar surface area (TPSA) is 26.3 Å². The zero-order chi connectivity index (χ0) is 17.9. The summed E-state index contributed by atoms with van der Waals surface area (Å²) in [5, 5.41) is 0. The highest BCUT2D eigenvalue weighted by molar-refractivity contribution is 5.79. The van der Waals surface area contributed by atoms with Crippen molar-refractivity contribution < 1.29 is 9.53 Å². The van der Waals surface area contributed by atoms with Crippen LogP contribution in [0.3, 0.4) is 0 Å². The highest BCUT2D eigenvalue weighted by atomic mass is 16.5. The summed E-state index contributed by atoms with van der Waals surface area (Å²) in [6, 6.07) is 8.08. The molecule has 3 unspecified atom stereocenters. The lowest BCUT2D eigenvalue weighted by molar-refractivity contribution is -0.147. The molecule has 0 radical (unpaired) electrons. The van der Waals surface area contributed by atoms with Crippen molar-refractivity contribution in [3.8, 4) is 12.3 Å². The molecule has 2 rings (SSSR count). The largest absolute Gasteiger partial charge is 0.445 e. The van der Waals surface area contributed by atoms with E-state index in [0.29, 0.717) is 0 Å². The summed E-state index contributed by atoms with van der Waals surface area (Å²) in [6.07, 6.45) is 10.7. The second kappa shape index (κ2) is 7.09. The molecule has 1 saturated carbocycles. The minimum atomic E-state index is -0.637. The minimum Gasteiger partial charge on any atom is -0.445 e. The fourth-order valence-electron chi connectivity index (χ4n) is 3.10. The van der Waals surface area contributed by atoms with Gasteiger partial charge >= 0.3 is 5.97 Å². The van der Waals surface area contributed by atoms with E-state index in [0.717, 1.165) is 5.56 Å². The van der Waals surface area contributed by atoms with Gasteiger partial charge in [-0.1, -0.05) is 67.3 Å². The van der Waals surface area contributed by atoms with Crippen LogP contribution in [0.4, 0.5) is 0 Å². The van der Waals surface area contributed by atoms with Crippen LogP contribution in [0, 0.1) is 36.5 Å². The summed E-state index contributed by atoms with van der Waals surface area (Å²) in [5.41, 5.74) is 3.38. The Morgan fingerprint density at radius 1 is 1.38 bits per heavy atom. The molecule has 24 heavy (non-hydrogen) atoms. The number of terminal acetylenes is 1. The fourth-order valence-corrected chi connectivity index (χ4v) is 3.10. The zero-order valence-electron chi connectivity index (χ0n) is 15.2. The highest BCUT2D eigenvalue weighted by Crippen LogP contribution is 2.59. The molecule has 1 aromatic rings. The number of aryl methyl sites for hydroxylation is 1. The summed E-state index contributed by atoms with van der Waals surface area (Å²) in [4.78, 5) is 12.5. The number of benzene rings is 1. The average molecular weight is 322 g/mol. The van der Waals surface area contributed by atoms with E-state index in [9.17, 15) is 4.79 Å². The number of hydrogen-bond acceptors (Lipinski definition) is 2. The summed E-state index contributed by atoms with van der Waals surface area (Å²) in [5.74, 6) is 2.44. The lowest BCUT2D eigenvalue weighted by atomic mass is 10.1. The van der Waals surface area contributed by atoms with Gasteiger partial charge in [-0.3, -0.25) is 4.79 Å². The maximum atomic E-state index is 12.5. The number of carbonyl (C=O) groups is 1. The van der Waals surface area contributed by atoms with Crippen molar-refractivity contribution >= 4 is 12.0 Å². The third-order valence-corrected chi connectivity index (χ3v) is 4.59. The Bertz CT molecular complexity index is 712. The molecule has 0 bridgehead atoms. The smallest absolute Gasteiger partial charge is 0.311 e. The molecular formula is C22H26O2. The van der Waals surface area contributed by atoms with Crippen molar-refractivity contribution in [1.29, 1.82) is 0 Å². The van der Waals surface area contributed by atoms with Crippen LogP contribution in [0.15, 0.2) is 42.0 Å². The zero-order valence-corrected chi connectivity index (χ0v) is 15.2. The maximum absolute atomic E-state index is 12.5. The van der Waals surface area contributed by atoms with Gasteiger partial charge in [-0.25, -0.2) is 0 Å². The van der Waals surface area contributed by atoms with Gasteiger partial charge in [0.1, 0.15) is 0 Å². The van der Waals surface area contributed by atoms with Crippen LogP contribution in [0.5, 0.6) is 0 Å². The van der Waals surface area contributed by atoms with Crippen molar-refractivity contribution in [3.05, 3.63) is 53.1 Å². The molecule has 1 aliphatic rings. The molecule has 2 heteroatoms. The van der Waals surface area contributed by atoms with E-state index < -0.39 is 6.10 Å². The average Bonchev–Trinajstić information content (AvgIpc) is 3.03. The van der Waals surface area contributed by atoms with Crippen molar-refractivity contribution in [1.82, 2.24) is 0 Å². The third kappa shape index (κ3) is 4.17. The molecule has 0 saturated heterocycles. The summed E-state index contributed by atoms with van der Waals surface area (Å²) in [6.45, 7) is 10.3. The van der Waals surface area contributed by atoms with E-state index in [4.69, 9.17) is 11.2 Å². The lowest BCUT2D eigenvalue weighted by Gasteiger charge is -2.09. The van der Waals surface area contributed by atoms with Gasteiger partial charge in [0, 0.05) is 0 Å². The van der Waals surface area contributed by atoms with Crippen molar-refractivity contribution in [2.24, 2.45) is 17.3 Å². The van der Waals surface area contributed by atoms with Crippen LogP contribution in [0.1, 0.15) is 38.8 Å². The van der Waals surface area contributed by atoms with Crippen molar-refractivity contribution in [2.45, 2.75) is 40.7 Å². The van der Waals surface area contributed by atoms with Gasteiger partial charge in [0.15, 0.2) is 6.10 Å². The first kappa shape index (κ1) is 18.1. The van der Waals surface area contributed by atoms with Crippen LogP contribution >= 0.6 is 0 Å². The molecule has 0 amide bonds. The van der Waals surface area contributed by atoms with Gasteiger partial charge in [-0.05, 0) is 43.7 Å². The molecule has 1 aromatic carbocycles. The molecular weight excluding hydrogens is 296 g/mol. The van der Waals surface area contributed by atoms with Gasteiger partial charge in [-0.2, -0.15) is 0 Å². The summed E-state index contributed by atoms with van der Waals surface area (Å²) in [7, 11) is 0. The monoisotopic (exact) mass is 322 g/mol. The van der Waals surface area contributed by atoms with Crippen LogP contribution in [0.25, 0.3) is 6.08 Å². The molecule has 1 aliphatic carbocycles. The Labute approximate surface area is 145 Å². The second-order valence-electron chi connectivity index (χ2n) is 7.37. The third-order valence-electron chi connectivity index (χ3n) is 4.59. The number of allylic oxidation sites excluding steroid dienone is 2. The number of hydrogen-bond donors (Lipinski definition) is 0. The number of ether oxygens (including phenoxy) is 1. The first-order valence-electron chi connectivity index (χ1n) is 8.32. The molecule has 0 heterocycles. The van der Waals surface area contributed by atoms with Crippen molar-refractivity contribution in [3.63, 3.8) is 0 Å². The Morgan fingerprint density at radius 3 is 2.67 bits per heavy atom. The summed E-state index contributed by atoms with van der Waals surface area (Å²) < 4.78 is 5.53. The highest BCUT2D eigenvalue weighted by Gasteiger charge is 2.61. The van der Waals surface area contributed by atoms with Crippen LogP contribution in [0.2, 0.25) is 0 Å². The van der Waals surface area contributed by atoms with Crippen LogP contribution in [-0.4, -0.2) is 12.1 Å². The molecule has 1 fully saturated rings. The molecule has 0 aliphatic heterocycles. The van der Waals surface area contributed by atoms with Crippen LogP contribution < -0.4 is 0 Å². The van der Waals surface area contributed by atoms with Crippen molar-refractivity contribution in [2.75, 3.05) is 0 Å². The molecule has 126 valence electrons. The van der Waals surface area contributed by atoms with E-state index in [1.807, 2.05) is 45.0 Å². The number of carbonyl (C=O) groups excluding carboxylic acids is 1. The Kier molecular flexibility index (Phi) is 5.34. The molecule has 0 spiro atoms. The lowest BCUT2D eigenvalue weighted by Crippen LogP contribution is -2.17. The SMILES string of the molecule is C#CC(/C=C/c1cccc(C)c1)OC(=O)C1C(C=C(C)C)C1(C)C. The quantitative estimate of drug-likeness (QED) is 0.442. The van der Waals surface area contributed by atoms with E-state index in [-0.39, 0.29) is 23.2 Å². The first-order chi connectivity index (χ1) is 11.3. The molecule has 0 N–H and O–H groups in total. The standard InChI is InChI=1S/C22H26O2/c1-7-18(12-11-17-10-8-9-16(4)14-17)24-21(23)20-19(13-15(2)3)22(20,5)6/h1,8-14,18-20H,2-6H3/b12-11+. The van der Waals surface area contributed by atoms with Gasteiger partial charge in [-0.15, -0.1) is 6.42 Å². The molecule has 2 nitrogen and oxygen atoms in total. The first-order valence-corrected chi connectivity index (χ1v) is 8.32. The van der Waals surface area contributed by atoms with E-state index in [1.54, 1.807) is 6.08 Å². The van der Waals surface area contributed by atoms with Gasteiger partial charge in [0.2, 0.25) is 0 Å². The Morgan fingerprint density at radius 2 is 2.08 bits per heavy atom. The van der Waals surface area contributed by atoms with Crippen LogP contribution in [-0.2, 0) is 9.53 Å². The van der Waals surface area contributed by atoms with E-state index >= 15 is 0 Å². The van der Waals surface area contributed by atoms with E-state index in [2.05, 4.69) is 31.9 Å². The second-order valence-corrected chi connectivity index (χ2v) is 7.37.